The van der Waals surface area contributed by atoms with E-state index in [0.717, 1.165) is 29.8 Å². The Labute approximate surface area is 173 Å². The maximum atomic E-state index is 12.4. The molecular weight excluding hydrogens is 386 g/mol. The Hall–Kier alpha value is -3.68. The average molecular weight is 407 g/mol. The molecule has 30 heavy (non-hydrogen) atoms. The van der Waals surface area contributed by atoms with Gasteiger partial charge in [0.1, 0.15) is 5.75 Å². The van der Waals surface area contributed by atoms with Crippen LogP contribution in [0.1, 0.15) is 34.7 Å². The molecule has 1 aliphatic heterocycles. The normalized spacial score (nSPS) is 13.5. The van der Waals surface area contributed by atoms with Crippen LogP contribution in [0.4, 0.5) is 0 Å². The quantitative estimate of drug-likeness (QED) is 0.555. The third kappa shape index (κ3) is 4.48. The van der Waals surface area contributed by atoms with Gasteiger partial charge in [0.15, 0.2) is 6.61 Å². The van der Waals surface area contributed by atoms with Crippen molar-refractivity contribution in [2.75, 3.05) is 13.7 Å². The zero-order valence-electron chi connectivity index (χ0n) is 16.5. The van der Waals surface area contributed by atoms with Crippen molar-refractivity contribution in [1.82, 2.24) is 15.0 Å². The molecule has 0 spiro atoms. The first-order valence-electron chi connectivity index (χ1n) is 9.63. The minimum atomic E-state index is -0.492. The van der Waals surface area contributed by atoms with Crippen molar-refractivity contribution >= 4 is 11.9 Å². The minimum absolute atomic E-state index is 0.128. The van der Waals surface area contributed by atoms with Gasteiger partial charge in [-0.2, -0.15) is 4.98 Å². The summed E-state index contributed by atoms with van der Waals surface area (Å²) in [5, 5.41) is 3.92. The Morgan fingerprint density at radius 2 is 2.03 bits per heavy atom. The number of nitrogens with zero attached hydrogens (tertiary/aromatic N) is 3. The number of aromatic nitrogens is 2. The van der Waals surface area contributed by atoms with Crippen LogP contribution >= 0.6 is 0 Å². The van der Waals surface area contributed by atoms with Crippen LogP contribution < -0.4 is 4.74 Å². The third-order valence-electron chi connectivity index (χ3n) is 4.85. The fourth-order valence-corrected chi connectivity index (χ4v) is 3.27. The summed E-state index contributed by atoms with van der Waals surface area (Å²) >= 11 is 0. The summed E-state index contributed by atoms with van der Waals surface area (Å²) in [5.74, 6) is 0.988. The monoisotopic (exact) mass is 407 g/mol. The standard InChI is InChI=1S/C22H21N3O5/c1-28-18-9-7-16(8-10-18)21-23-19(30-24-21)14-29-22(27)17-5-2-4-15(12-17)13-25-11-3-6-20(25)26/h2,4-5,7-10,12H,3,6,11,13-14H2,1H3. The molecule has 1 amide bonds. The summed E-state index contributed by atoms with van der Waals surface area (Å²) in [6, 6.07) is 14.3. The highest BCUT2D eigenvalue weighted by Crippen LogP contribution is 2.20. The van der Waals surface area contributed by atoms with Crippen molar-refractivity contribution in [3.05, 3.63) is 65.5 Å². The first-order chi connectivity index (χ1) is 14.6. The van der Waals surface area contributed by atoms with E-state index in [4.69, 9.17) is 14.0 Å². The van der Waals surface area contributed by atoms with Gasteiger partial charge in [-0.1, -0.05) is 17.3 Å². The Kier molecular flexibility index (Phi) is 5.74. The Morgan fingerprint density at radius 3 is 2.77 bits per heavy atom. The topological polar surface area (TPSA) is 94.8 Å². The molecule has 0 bridgehead atoms. The predicted octanol–water partition coefficient (Wildman–Crippen LogP) is 3.22. The van der Waals surface area contributed by atoms with E-state index in [1.807, 2.05) is 18.2 Å². The molecule has 4 rings (SSSR count). The van der Waals surface area contributed by atoms with Crippen LogP contribution in [0.5, 0.6) is 5.75 Å². The Balaban J connectivity index is 1.36. The van der Waals surface area contributed by atoms with Gasteiger partial charge in [0.05, 0.1) is 12.7 Å². The van der Waals surface area contributed by atoms with Crippen LogP contribution in [0, 0.1) is 0 Å². The number of hydrogen-bond acceptors (Lipinski definition) is 7. The predicted molar refractivity (Wildman–Crippen MR) is 106 cm³/mol. The van der Waals surface area contributed by atoms with Crippen molar-refractivity contribution < 1.29 is 23.6 Å². The molecule has 2 heterocycles. The zero-order chi connectivity index (χ0) is 20.9. The number of benzene rings is 2. The van der Waals surface area contributed by atoms with E-state index in [-0.39, 0.29) is 18.4 Å². The van der Waals surface area contributed by atoms with Gasteiger partial charge >= 0.3 is 5.97 Å². The van der Waals surface area contributed by atoms with E-state index in [2.05, 4.69) is 10.1 Å². The lowest BCUT2D eigenvalue weighted by molar-refractivity contribution is -0.128. The molecule has 1 aliphatic rings. The van der Waals surface area contributed by atoms with Crippen molar-refractivity contribution in [2.45, 2.75) is 26.0 Å². The highest BCUT2D eigenvalue weighted by Gasteiger charge is 2.20. The van der Waals surface area contributed by atoms with E-state index in [1.54, 1.807) is 42.3 Å². The first-order valence-corrected chi connectivity index (χ1v) is 9.63. The highest BCUT2D eigenvalue weighted by atomic mass is 16.6. The largest absolute Gasteiger partial charge is 0.497 e. The fraction of sp³-hybridized carbons (Fsp3) is 0.273. The lowest BCUT2D eigenvalue weighted by atomic mass is 10.1. The molecule has 2 aromatic carbocycles. The number of rotatable bonds is 7. The van der Waals surface area contributed by atoms with Crippen LogP contribution in [-0.4, -0.2) is 40.6 Å². The summed E-state index contributed by atoms with van der Waals surface area (Å²) in [5.41, 5.74) is 2.06. The molecule has 0 radical (unpaired) electrons. The average Bonchev–Trinajstić information content (AvgIpc) is 3.41. The molecule has 1 aromatic heterocycles. The van der Waals surface area contributed by atoms with Gasteiger partial charge in [-0.25, -0.2) is 4.79 Å². The number of esters is 1. The lowest BCUT2D eigenvalue weighted by Gasteiger charge is -2.15. The van der Waals surface area contributed by atoms with Crippen LogP contribution in [0.3, 0.4) is 0 Å². The second-order valence-electron chi connectivity index (χ2n) is 6.94. The number of methoxy groups -OCH3 is 1. The molecule has 0 aliphatic carbocycles. The van der Waals surface area contributed by atoms with Gasteiger partial charge in [-0.3, -0.25) is 4.79 Å². The zero-order valence-corrected chi connectivity index (χ0v) is 16.5. The number of carbonyl (C=O) groups is 2. The number of amides is 1. The minimum Gasteiger partial charge on any atom is -0.497 e. The first kappa shape index (κ1) is 19.6. The molecule has 1 saturated heterocycles. The van der Waals surface area contributed by atoms with E-state index >= 15 is 0 Å². The smallest absolute Gasteiger partial charge is 0.338 e. The Morgan fingerprint density at radius 1 is 1.20 bits per heavy atom. The van der Waals surface area contributed by atoms with Gasteiger partial charge in [-0.05, 0) is 48.4 Å². The van der Waals surface area contributed by atoms with E-state index < -0.39 is 5.97 Å². The molecule has 0 saturated carbocycles. The molecule has 0 unspecified atom stereocenters. The summed E-state index contributed by atoms with van der Waals surface area (Å²) in [7, 11) is 1.59. The summed E-state index contributed by atoms with van der Waals surface area (Å²) in [6.07, 6.45) is 1.47. The van der Waals surface area contributed by atoms with E-state index in [9.17, 15) is 9.59 Å². The molecule has 8 nitrogen and oxygen atoms in total. The molecule has 8 heteroatoms. The van der Waals surface area contributed by atoms with Crippen molar-refractivity contribution in [2.24, 2.45) is 0 Å². The molecule has 0 atom stereocenters. The van der Waals surface area contributed by atoms with Crippen LogP contribution in [0.2, 0.25) is 0 Å². The maximum absolute atomic E-state index is 12.4. The second kappa shape index (κ2) is 8.77. The molecule has 1 fully saturated rings. The molecule has 3 aromatic rings. The lowest BCUT2D eigenvalue weighted by Crippen LogP contribution is -2.23. The number of ether oxygens (including phenoxy) is 2. The van der Waals surface area contributed by atoms with Crippen molar-refractivity contribution in [3.63, 3.8) is 0 Å². The van der Waals surface area contributed by atoms with Crippen molar-refractivity contribution in [3.8, 4) is 17.1 Å². The summed E-state index contributed by atoms with van der Waals surface area (Å²) in [4.78, 5) is 30.3. The van der Waals surface area contributed by atoms with E-state index in [0.29, 0.717) is 24.4 Å². The molecule has 0 N–H and O–H groups in total. The highest BCUT2D eigenvalue weighted by molar-refractivity contribution is 5.89. The van der Waals surface area contributed by atoms with Gasteiger partial charge in [0, 0.05) is 25.1 Å². The second-order valence-corrected chi connectivity index (χ2v) is 6.94. The van der Waals surface area contributed by atoms with Gasteiger partial charge in [0.25, 0.3) is 5.89 Å². The summed E-state index contributed by atoms with van der Waals surface area (Å²) in [6.45, 7) is 1.12. The Bertz CT molecular complexity index is 1040. The van der Waals surface area contributed by atoms with Crippen LogP contribution in [-0.2, 0) is 22.7 Å². The van der Waals surface area contributed by atoms with Gasteiger partial charge in [0.2, 0.25) is 11.7 Å². The summed E-state index contributed by atoms with van der Waals surface area (Å²) < 4.78 is 15.6. The number of carbonyl (C=O) groups excluding carboxylic acids is 2. The van der Waals surface area contributed by atoms with Crippen LogP contribution in [0.25, 0.3) is 11.4 Å². The molecular formula is C22H21N3O5. The SMILES string of the molecule is COc1ccc(-c2noc(COC(=O)c3cccc(CN4CCCC4=O)c3)n2)cc1. The number of likely N-dealkylation sites (tertiary alicyclic amines) is 1. The molecule has 154 valence electrons. The van der Waals surface area contributed by atoms with Crippen molar-refractivity contribution in [1.29, 1.82) is 0 Å². The third-order valence-corrected chi connectivity index (χ3v) is 4.85. The van der Waals surface area contributed by atoms with E-state index in [1.165, 1.54) is 0 Å². The maximum Gasteiger partial charge on any atom is 0.338 e. The van der Waals surface area contributed by atoms with Gasteiger partial charge in [-0.15, -0.1) is 0 Å². The fourth-order valence-electron chi connectivity index (χ4n) is 3.27. The number of hydrogen-bond donors (Lipinski definition) is 0. The van der Waals surface area contributed by atoms with Crippen LogP contribution in [0.15, 0.2) is 53.1 Å². The van der Waals surface area contributed by atoms with Gasteiger partial charge < -0.3 is 18.9 Å².